The summed E-state index contributed by atoms with van der Waals surface area (Å²) in [7, 11) is 3.60. The molecule has 162 valence electrons. The van der Waals surface area contributed by atoms with Gasteiger partial charge >= 0.3 is 5.69 Å². The van der Waals surface area contributed by atoms with Crippen LogP contribution in [0.4, 0.5) is 5.82 Å². The molecule has 0 aliphatic carbocycles. The number of imidazole rings is 1. The van der Waals surface area contributed by atoms with E-state index in [9.17, 15) is 4.79 Å². The Hall–Kier alpha value is -3.98. The monoisotopic (exact) mass is 429 g/mol. The van der Waals surface area contributed by atoms with E-state index >= 15 is 0 Å². The average molecular weight is 429 g/mol. The first kappa shape index (κ1) is 20.0. The van der Waals surface area contributed by atoms with E-state index in [1.54, 1.807) is 33.3 Å². The fourth-order valence-electron chi connectivity index (χ4n) is 4.06. The number of pyridine rings is 2. The minimum Gasteiger partial charge on any atom is -0.395 e. The topological polar surface area (TPSA) is 103 Å². The summed E-state index contributed by atoms with van der Waals surface area (Å²) in [6.45, 7) is 2.39. The largest absolute Gasteiger partial charge is 0.395 e. The van der Waals surface area contributed by atoms with Crippen molar-refractivity contribution in [2.75, 3.05) is 18.5 Å². The predicted molar refractivity (Wildman–Crippen MR) is 124 cm³/mol. The molecule has 5 rings (SSSR count). The van der Waals surface area contributed by atoms with Crippen LogP contribution in [-0.4, -0.2) is 47.1 Å². The van der Waals surface area contributed by atoms with Crippen molar-refractivity contribution in [1.82, 2.24) is 28.9 Å². The molecule has 0 bridgehead atoms. The van der Waals surface area contributed by atoms with Crippen molar-refractivity contribution in [3.8, 4) is 16.8 Å². The van der Waals surface area contributed by atoms with Gasteiger partial charge in [0.05, 0.1) is 40.7 Å². The third-order valence-corrected chi connectivity index (χ3v) is 5.63. The molecular formula is C23H23N7O2. The van der Waals surface area contributed by atoms with E-state index in [1.165, 1.54) is 0 Å². The Morgan fingerprint density at radius 1 is 1.06 bits per heavy atom. The molecule has 5 aromatic rings. The molecule has 0 fully saturated rings. The molecule has 9 nitrogen and oxygen atoms in total. The number of hydrogen-bond donors (Lipinski definition) is 2. The Bertz CT molecular complexity index is 1510. The molecule has 1 aromatic carbocycles. The highest BCUT2D eigenvalue weighted by Gasteiger charge is 2.19. The summed E-state index contributed by atoms with van der Waals surface area (Å²) in [5.41, 5.74) is 5.66. The number of rotatable bonds is 5. The number of hydrogen-bond acceptors (Lipinski definition) is 6. The third kappa shape index (κ3) is 3.14. The van der Waals surface area contributed by atoms with Gasteiger partial charge in [-0.1, -0.05) is 6.07 Å². The Kier molecular flexibility index (Phi) is 4.75. The quantitative estimate of drug-likeness (QED) is 0.445. The van der Waals surface area contributed by atoms with Crippen LogP contribution in [0.15, 0.2) is 53.7 Å². The predicted octanol–water partition coefficient (Wildman–Crippen LogP) is 2.39. The van der Waals surface area contributed by atoms with Gasteiger partial charge in [0.1, 0.15) is 5.82 Å². The van der Waals surface area contributed by atoms with Gasteiger partial charge in [0, 0.05) is 44.0 Å². The molecule has 0 radical (unpaired) electrons. The first-order valence-corrected chi connectivity index (χ1v) is 10.3. The number of anilines is 1. The maximum absolute atomic E-state index is 13.2. The Labute approximate surface area is 183 Å². The van der Waals surface area contributed by atoms with Crippen LogP contribution in [0.5, 0.6) is 0 Å². The molecule has 0 atom stereocenters. The summed E-state index contributed by atoms with van der Waals surface area (Å²) in [4.78, 5) is 22.2. The highest BCUT2D eigenvalue weighted by Crippen LogP contribution is 2.30. The molecule has 32 heavy (non-hydrogen) atoms. The summed E-state index contributed by atoms with van der Waals surface area (Å²) in [5, 5.41) is 17.3. The molecule has 0 aliphatic heterocycles. The van der Waals surface area contributed by atoms with Gasteiger partial charge in [-0.05, 0) is 36.8 Å². The molecule has 9 heteroatoms. The van der Waals surface area contributed by atoms with Crippen molar-refractivity contribution in [3.05, 3.63) is 65.1 Å². The van der Waals surface area contributed by atoms with Crippen molar-refractivity contribution < 1.29 is 5.11 Å². The first-order valence-electron chi connectivity index (χ1n) is 10.3. The molecule has 0 unspecified atom stereocenters. The Balaban J connectivity index is 1.73. The van der Waals surface area contributed by atoms with Crippen LogP contribution in [0.1, 0.15) is 5.69 Å². The fourth-order valence-corrected chi connectivity index (χ4v) is 4.06. The number of aliphatic hydroxyl groups is 1. The lowest BCUT2D eigenvalue weighted by Gasteiger charge is -2.08. The molecule has 4 aromatic heterocycles. The van der Waals surface area contributed by atoms with Crippen LogP contribution >= 0.6 is 0 Å². The minimum atomic E-state index is -0.142. The number of fused-ring (bicyclic) bond motifs is 3. The van der Waals surface area contributed by atoms with E-state index in [2.05, 4.69) is 20.4 Å². The number of aliphatic hydroxyl groups excluding tert-OH is 1. The molecule has 0 spiro atoms. The van der Waals surface area contributed by atoms with Crippen LogP contribution in [0.2, 0.25) is 0 Å². The van der Waals surface area contributed by atoms with Gasteiger partial charge in [-0.3, -0.25) is 18.8 Å². The maximum Gasteiger partial charge on any atom is 0.333 e. The maximum atomic E-state index is 13.2. The van der Waals surface area contributed by atoms with Crippen LogP contribution in [0, 0.1) is 6.92 Å². The van der Waals surface area contributed by atoms with Gasteiger partial charge in [0.25, 0.3) is 0 Å². The van der Waals surface area contributed by atoms with Gasteiger partial charge in [0.15, 0.2) is 0 Å². The number of aryl methyl sites for hydroxylation is 3. The zero-order chi connectivity index (χ0) is 22.4. The van der Waals surface area contributed by atoms with E-state index in [1.807, 2.05) is 50.5 Å². The summed E-state index contributed by atoms with van der Waals surface area (Å²) < 4.78 is 5.04. The highest BCUT2D eigenvalue weighted by atomic mass is 16.3. The van der Waals surface area contributed by atoms with E-state index in [-0.39, 0.29) is 12.3 Å². The second-order valence-corrected chi connectivity index (χ2v) is 7.76. The lowest BCUT2D eigenvalue weighted by Crippen LogP contribution is -2.21. The SMILES string of the molecule is Cc1nn(C)cc1-n1c(=O)n(C)c2cnc3ccc(-c4ccc(NCCO)nc4)cc3c21. The fraction of sp³-hybridized carbons (Fsp3) is 0.217. The van der Waals surface area contributed by atoms with Gasteiger partial charge in [-0.2, -0.15) is 5.10 Å². The van der Waals surface area contributed by atoms with Gasteiger partial charge < -0.3 is 10.4 Å². The van der Waals surface area contributed by atoms with Crippen LogP contribution in [-0.2, 0) is 14.1 Å². The van der Waals surface area contributed by atoms with Crippen LogP contribution in [0.25, 0.3) is 38.8 Å². The zero-order valence-corrected chi connectivity index (χ0v) is 18.1. The summed E-state index contributed by atoms with van der Waals surface area (Å²) in [6.07, 6.45) is 5.39. The Morgan fingerprint density at radius 2 is 1.88 bits per heavy atom. The number of aromatic nitrogens is 6. The lowest BCUT2D eigenvalue weighted by molar-refractivity contribution is 0.311. The summed E-state index contributed by atoms with van der Waals surface area (Å²) in [5.74, 6) is 0.705. The van der Waals surface area contributed by atoms with Crippen molar-refractivity contribution in [2.45, 2.75) is 6.92 Å². The van der Waals surface area contributed by atoms with Gasteiger partial charge in [0.2, 0.25) is 0 Å². The molecule has 0 saturated carbocycles. The number of nitrogens with zero attached hydrogens (tertiary/aromatic N) is 6. The van der Waals surface area contributed by atoms with Crippen LogP contribution < -0.4 is 11.0 Å². The van der Waals surface area contributed by atoms with E-state index in [0.29, 0.717) is 12.4 Å². The van der Waals surface area contributed by atoms with Gasteiger partial charge in [-0.25, -0.2) is 9.78 Å². The normalized spacial score (nSPS) is 11.5. The minimum absolute atomic E-state index is 0.0479. The second kappa shape index (κ2) is 7.61. The first-order chi connectivity index (χ1) is 15.5. The standard InChI is InChI=1S/C23H23N7O2/c1-14-20(13-28(2)27-14)30-22-17-10-15(16-5-7-21(26-11-16)24-8-9-31)4-6-18(17)25-12-19(22)29(3)23(30)32/h4-7,10-13,31H,8-9H2,1-3H3,(H,24,26). The van der Waals surface area contributed by atoms with E-state index < -0.39 is 0 Å². The average Bonchev–Trinajstić information content (AvgIpc) is 3.27. The van der Waals surface area contributed by atoms with Crippen molar-refractivity contribution in [3.63, 3.8) is 0 Å². The van der Waals surface area contributed by atoms with Gasteiger partial charge in [-0.15, -0.1) is 0 Å². The highest BCUT2D eigenvalue weighted by molar-refractivity contribution is 6.04. The third-order valence-electron chi connectivity index (χ3n) is 5.63. The smallest absolute Gasteiger partial charge is 0.333 e. The molecule has 2 N–H and O–H groups in total. The zero-order valence-electron chi connectivity index (χ0n) is 18.1. The summed E-state index contributed by atoms with van der Waals surface area (Å²) >= 11 is 0. The van der Waals surface area contributed by atoms with Crippen LogP contribution in [0.3, 0.4) is 0 Å². The second-order valence-electron chi connectivity index (χ2n) is 7.76. The van der Waals surface area contributed by atoms with E-state index in [0.717, 1.165) is 44.4 Å². The van der Waals surface area contributed by atoms with E-state index in [4.69, 9.17) is 5.11 Å². The number of nitrogens with one attached hydrogen (secondary N) is 1. The molecule has 0 amide bonds. The molecule has 0 saturated heterocycles. The van der Waals surface area contributed by atoms with Crippen molar-refractivity contribution in [2.24, 2.45) is 14.1 Å². The molecule has 0 aliphatic rings. The van der Waals surface area contributed by atoms with Crippen molar-refractivity contribution in [1.29, 1.82) is 0 Å². The lowest BCUT2D eigenvalue weighted by atomic mass is 10.0. The summed E-state index contributed by atoms with van der Waals surface area (Å²) in [6, 6.07) is 9.86. The molecular weight excluding hydrogens is 406 g/mol. The Morgan fingerprint density at radius 3 is 2.56 bits per heavy atom. The molecule has 4 heterocycles. The number of benzene rings is 1. The van der Waals surface area contributed by atoms with Crippen molar-refractivity contribution >= 4 is 27.8 Å².